The first-order valence-electron chi connectivity index (χ1n) is 6.65. The number of fused-ring (bicyclic) bond motifs is 1. The van der Waals surface area contributed by atoms with E-state index in [9.17, 15) is 4.79 Å². The molecule has 3 rings (SSSR count). The maximum atomic E-state index is 12.3. The molecule has 3 aliphatic rings. The summed E-state index contributed by atoms with van der Waals surface area (Å²) < 4.78 is 0. The molecular weight excluding hydrogens is 200 g/mol. The van der Waals surface area contributed by atoms with E-state index >= 15 is 0 Å². The van der Waals surface area contributed by atoms with Crippen molar-refractivity contribution in [2.75, 3.05) is 13.1 Å². The van der Waals surface area contributed by atoms with E-state index in [4.69, 9.17) is 5.73 Å². The second-order valence-electron chi connectivity index (χ2n) is 6.29. The van der Waals surface area contributed by atoms with Crippen molar-refractivity contribution in [3.63, 3.8) is 0 Å². The van der Waals surface area contributed by atoms with Gasteiger partial charge in [0.1, 0.15) is 0 Å². The molecule has 1 saturated heterocycles. The summed E-state index contributed by atoms with van der Waals surface area (Å²) >= 11 is 0. The fourth-order valence-corrected chi connectivity index (χ4v) is 3.47. The molecule has 2 aliphatic carbocycles. The molecule has 3 fully saturated rings. The summed E-state index contributed by atoms with van der Waals surface area (Å²) in [4.78, 5) is 14.4. The van der Waals surface area contributed by atoms with Gasteiger partial charge in [-0.05, 0) is 37.5 Å². The Hall–Kier alpha value is -0.570. The Morgan fingerprint density at radius 3 is 2.69 bits per heavy atom. The number of rotatable bonds is 1. The SMILES string of the molecule is CC1(C(=O)N2CC3CCCC(N)C3C2)CC1. The number of hydrogen-bond acceptors (Lipinski definition) is 2. The summed E-state index contributed by atoms with van der Waals surface area (Å²) in [5.41, 5.74) is 6.17. The normalized spacial score (nSPS) is 40.6. The summed E-state index contributed by atoms with van der Waals surface area (Å²) in [5, 5.41) is 0. The van der Waals surface area contributed by atoms with Crippen molar-refractivity contribution >= 4 is 5.91 Å². The molecule has 2 saturated carbocycles. The number of carbonyl (C=O) groups is 1. The molecule has 1 amide bonds. The van der Waals surface area contributed by atoms with Gasteiger partial charge in [-0.15, -0.1) is 0 Å². The van der Waals surface area contributed by atoms with Crippen LogP contribution in [0, 0.1) is 17.3 Å². The van der Waals surface area contributed by atoms with Crippen LogP contribution in [0.5, 0.6) is 0 Å². The van der Waals surface area contributed by atoms with Gasteiger partial charge in [0, 0.05) is 24.5 Å². The third-order valence-corrected chi connectivity index (χ3v) is 4.96. The van der Waals surface area contributed by atoms with E-state index in [0.717, 1.165) is 32.4 Å². The highest BCUT2D eigenvalue weighted by Crippen LogP contribution is 2.48. The largest absolute Gasteiger partial charge is 0.342 e. The summed E-state index contributed by atoms with van der Waals surface area (Å²) in [6.07, 6.45) is 5.86. The Balaban J connectivity index is 1.69. The Bertz CT molecular complexity index is 311. The van der Waals surface area contributed by atoms with E-state index in [-0.39, 0.29) is 5.41 Å². The smallest absolute Gasteiger partial charge is 0.228 e. The van der Waals surface area contributed by atoms with Crippen LogP contribution >= 0.6 is 0 Å². The lowest BCUT2D eigenvalue weighted by molar-refractivity contribution is -0.135. The minimum atomic E-state index is -0.00239. The molecule has 1 aliphatic heterocycles. The molecule has 0 aromatic rings. The van der Waals surface area contributed by atoms with Gasteiger partial charge in [0.15, 0.2) is 0 Å². The zero-order chi connectivity index (χ0) is 11.3. The molecule has 0 bridgehead atoms. The average molecular weight is 222 g/mol. The molecule has 90 valence electrons. The van der Waals surface area contributed by atoms with Gasteiger partial charge in [0.2, 0.25) is 5.91 Å². The monoisotopic (exact) mass is 222 g/mol. The molecule has 3 atom stereocenters. The molecular formula is C13H22N2O. The quantitative estimate of drug-likeness (QED) is 0.728. The fourth-order valence-electron chi connectivity index (χ4n) is 3.47. The van der Waals surface area contributed by atoms with E-state index in [1.54, 1.807) is 0 Å². The maximum absolute atomic E-state index is 12.3. The topological polar surface area (TPSA) is 46.3 Å². The van der Waals surface area contributed by atoms with Gasteiger partial charge in [0.25, 0.3) is 0 Å². The minimum absolute atomic E-state index is 0.00239. The Morgan fingerprint density at radius 1 is 1.31 bits per heavy atom. The standard InChI is InChI=1S/C13H22N2O/c1-13(5-6-13)12(16)15-7-9-3-2-4-11(14)10(9)8-15/h9-11H,2-8,14H2,1H3. The van der Waals surface area contributed by atoms with Crippen molar-refractivity contribution in [2.24, 2.45) is 23.0 Å². The Labute approximate surface area is 97.4 Å². The number of hydrogen-bond donors (Lipinski definition) is 1. The summed E-state index contributed by atoms with van der Waals surface area (Å²) in [7, 11) is 0. The second-order valence-corrected chi connectivity index (χ2v) is 6.29. The van der Waals surface area contributed by atoms with Crippen LogP contribution in [0.15, 0.2) is 0 Å². The van der Waals surface area contributed by atoms with Gasteiger partial charge in [-0.25, -0.2) is 0 Å². The number of nitrogens with zero attached hydrogens (tertiary/aromatic N) is 1. The zero-order valence-electron chi connectivity index (χ0n) is 10.1. The first-order chi connectivity index (χ1) is 7.60. The molecule has 0 spiro atoms. The molecule has 0 aromatic heterocycles. The highest BCUT2D eigenvalue weighted by Gasteiger charge is 2.50. The third-order valence-electron chi connectivity index (χ3n) is 4.96. The predicted octanol–water partition coefficient (Wildman–Crippen LogP) is 1.37. The summed E-state index contributed by atoms with van der Waals surface area (Å²) in [5.74, 6) is 1.67. The van der Waals surface area contributed by atoms with Crippen LogP contribution in [-0.2, 0) is 4.79 Å². The van der Waals surface area contributed by atoms with Crippen LogP contribution in [0.2, 0.25) is 0 Å². The Kier molecular flexibility index (Phi) is 2.29. The van der Waals surface area contributed by atoms with E-state index in [1.807, 2.05) is 0 Å². The van der Waals surface area contributed by atoms with E-state index < -0.39 is 0 Å². The van der Waals surface area contributed by atoms with Crippen molar-refractivity contribution in [1.82, 2.24) is 4.90 Å². The molecule has 3 heteroatoms. The van der Waals surface area contributed by atoms with Gasteiger partial charge in [-0.1, -0.05) is 13.3 Å². The molecule has 3 nitrogen and oxygen atoms in total. The first kappa shape index (κ1) is 10.6. The third kappa shape index (κ3) is 1.56. The van der Waals surface area contributed by atoms with Gasteiger partial charge in [0.05, 0.1) is 0 Å². The lowest BCUT2D eigenvalue weighted by atomic mass is 9.78. The number of amides is 1. The molecule has 16 heavy (non-hydrogen) atoms. The molecule has 0 aromatic carbocycles. The summed E-state index contributed by atoms with van der Waals surface area (Å²) in [6, 6.07) is 0.337. The van der Waals surface area contributed by atoms with E-state index in [2.05, 4.69) is 11.8 Å². The highest BCUT2D eigenvalue weighted by molar-refractivity contribution is 5.85. The van der Waals surface area contributed by atoms with Crippen LogP contribution in [0.25, 0.3) is 0 Å². The number of likely N-dealkylation sites (tertiary alicyclic amines) is 1. The lowest BCUT2D eigenvalue weighted by Crippen LogP contribution is -2.39. The van der Waals surface area contributed by atoms with Crippen molar-refractivity contribution in [3.8, 4) is 0 Å². The number of nitrogens with two attached hydrogens (primary N) is 1. The fraction of sp³-hybridized carbons (Fsp3) is 0.923. The van der Waals surface area contributed by atoms with E-state index in [0.29, 0.717) is 23.8 Å². The molecule has 1 heterocycles. The van der Waals surface area contributed by atoms with Crippen LogP contribution in [0.4, 0.5) is 0 Å². The van der Waals surface area contributed by atoms with Gasteiger partial charge in [-0.3, -0.25) is 4.79 Å². The Morgan fingerprint density at radius 2 is 2.06 bits per heavy atom. The molecule has 3 unspecified atom stereocenters. The molecule has 2 N–H and O–H groups in total. The van der Waals surface area contributed by atoms with Crippen LogP contribution in [-0.4, -0.2) is 29.9 Å². The van der Waals surface area contributed by atoms with Crippen molar-refractivity contribution in [2.45, 2.75) is 45.1 Å². The minimum Gasteiger partial charge on any atom is -0.342 e. The first-order valence-corrected chi connectivity index (χ1v) is 6.65. The highest BCUT2D eigenvalue weighted by atomic mass is 16.2. The average Bonchev–Trinajstić information content (AvgIpc) is 2.86. The van der Waals surface area contributed by atoms with Crippen LogP contribution < -0.4 is 5.73 Å². The zero-order valence-corrected chi connectivity index (χ0v) is 10.1. The lowest BCUT2D eigenvalue weighted by Gasteiger charge is -2.29. The predicted molar refractivity (Wildman–Crippen MR) is 62.7 cm³/mol. The summed E-state index contributed by atoms with van der Waals surface area (Å²) in [6.45, 7) is 4.02. The molecule has 0 radical (unpaired) electrons. The van der Waals surface area contributed by atoms with Crippen LogP contribution in [0.1, 0.15) is 39.0 Å². The maximum Gasteiger partial charge on any atom is 0.228 e. The van der Waals surface area contributed by atoms with Gasteiger partial charge >= 0.3 is 0 Å². The van der Waals surface area contributed by atoms with Crippen molar-refractivity contribution < 1.29 is 4.79 Å². The van der Waals surface area contributed by atoms with Gasteiger partial charge in [-0.2, -0.15) is 0 Å². The van der Waals surface area contributed by atoms with Crippen LogP contribution in [0.3, 0.4) is 0 Å². The number of carbonyl (C=O) groups excluding carboxylic acids is 1. The van der Waals surface area contributed by atoms with E-state index in [1.165, 1.54) is 12.8 Å². The van der Waals surface area contributed by atoms with Crippen molar-refractivity contribution in [3.05, 3.63) is 0 Å². The van der Waals surface area contributed by atoms with Gasteiger partial charge < -0.3 is 10.6 Å². The van der Waals surface area contributed by atoms with Crippen molar-refractivity contribution in [1.29, 1.82) is 0 Å². The second kappa shape index (κ2) is 3.46.